The highest BCUT2D eigenvalue weighted by Crippen LogP contribution is 2.46. The number of hydrogen-bond acceptors (Lipinski definition) is 2. The molecule has 0 spiro atoms. The molecule has 0 aromatic heterocycles. The molecule has 0 saturated carbocycles. The molecule has 1 fully saturated rings. The van der Waals surface area contributed by atoms with Gasteiger partial charge in [0.2, 0.25) is 5.91 Å². The van der Waals surface area contributed by atoms with Gasteiger partial charge in [0.05, 0.1) is 6.42 Å². The molecule has 0 radical (unpaired) electrons. The van der Waals surface area contributed by atoms with Crippen molar-refractivity contribution >= 4 is 21.8 Å². The minimum Gasteiger partial charge on any atom is -0.340 e. The summed E-state index contributed by atoms with van der Waals surface area (Å²) in [7, 11) is 0. The molecule has 0 unspecified atom stereocenters. The van der Waals surface area contributed by atoms with Crippen LogP contribution in [0.3, 0.4) is 0 Å². The molecule has 33 heavy (non-hydrogen) atoms. The number of amides is 1. The molecule has 5 rings (SSSR count). The van der Waals surface area contributed by atoms with Crippen LogP contribution in [0.1, 0.15) is 41.9 Å². The van der Waals surface area contributed by atoms with Crippen LogP contribution in [0.5, 0.6) is 0 Å². The zero-order valence-corrected chi connectivity index (χ0v) is 20.6. The van der Waals surface area contributed by atoms with Gasteiger partial charge in [-0.25, -0.2) is 0 Å². The summed E-state index contributed by atoms with van der Waals surface area (Å²) in [5.74, 6) is 0.779. The fourth-order valence-electron chi connectivity index (χ4n) is 5.36. The van der Waals surface area contributed by atoms with Crippen molar-refractivity contribution < 1.29 is 4.79 Å². The van der Waals surface area contributed by atoms with Crippen LogP contribution >= 0.6 is 15.9 Å². The van der Waals surface area contributed by atoms with Gasteiger partial charge in [-0.2, -0.15) is 0 Å². The van der Waals surface area contributed by atoms with Crippen LogP contribution in [-0.2, 0) is 11.2 Å². The number of fused-ring (bicyclic) bond motifs is 3. The first kappa shape index (κ1) is 22.4. The van der Waals surface area contributed by atoms with E-state index in [9.17, 15) is 4.79 Å². The van der Waals surface area contributed by atoms with Crippen LogP contribution in [-0.4, -0.2) is 48.4 Å². The smallest absolute Gasteiger partial charge is 0.227 e. The van der Waals surface area contributed by atoms with Crippen molar-refractivity contribution in [3.05, 3.63) is 94.0 Å². The van der Waals surface area contributed by atoms with Crippen LogP contribution < -0.4 is 0 Å². The summed E-state index contributed by atoms with van der Waals surface area (Å²) in [6.07, 6.45) is 4.15. The van der Waals surface area contributed by atoms with Gasteiger partial charge in [0.25, 0.3) is 0 Å². The van der Waals surface area contributed by atoms with Crippen molar-refractivity contribution in [2.75, 3.05) is 32.7 Å². The number of nitrogens with zero attached hydrogens (tertiary/aromatic N) is 2. The molecule has 1 aliphatic heterocycles. The van der Waals surface area contributed by atoms with Gasteiger partial charge in [-0.05, 0) is 59.3 Å². The molecular formula is C29H31BrN2O. The second-order valence-corrected chi connectivity index (χ2v) is 10.2. The number of benzene rings is 3. The maximum Gasteiger partial charge on any atom is 0.227 e. The monoisotopic (exact) mass is 502 g/mol. The zero-order valence-electron chi connectivity index (χ0n) is 19.1. The van der Waals surface area contributed by atoms with Gasteiger partial charge in [-0.1, -0.05) is 83.0 Å². The molecule has 4 heteroatoms. The minimum atomic E-state index is 0.246. The normalized spacial score (nSPS) is 16.0. The highest BCUT2D eigenvalue weighted by molar-refractivity contribution is 9.10. The Morgan fingerprint density at radius 1 is 0.788 bits per heavy atom. The highest BCUT2D eigenvalue weighted by Gasteiger charge is 2.27. The molecule has 1 heterocycles. The van der Waals surface area contributed by atoms with E-state index in [-0.39, 0.29) is 5.91 Å². The Hall–Kier alpha value is -2.43. The second-order valence-electron chi connectivity index (χ2n) is 9.25. The minimum absolute atomic E-state index is 0.246. The van der Waals surface area contributed by atoms with E-state index in [0.29, 0.717) is 12.3 Å². The first-order valence-electron chi connectivity index (χ1n) is 12.1. The van der Waals surface area contributed by atoms with Crippen molar-refractivity contribution in [1.82, 2.24) is 9.80 Å². The maximum atomic E-state index is 12.7. The summed E-state index contributed by atoms with van der Waals surface area (Å²) >= 11 is 3.45. The topological polar surface area (TPSA) is 23.6 Å². The zero-order chi connectivity index (χ0) is 22.6. The molecule has 1 aliphatic carbocycles. The fraction of sp³-hybridized carbons (Fsp3) is 0.345. The maximum absolute atomic E-state index is 12.7. The van der Waals surface area contributed by atoms with E-state index >= 15 is 0 Å². The van der Waals surface area contributed by atoms with Gasteiger partial charge in [0, 0.05) is 36.6 Å². The number of piperazine rings is 1. The molecule has 1 saturated heterocycles. The third kappa shape index (κ3) is 5.07. The molecule has 3 aromatic rings. The van der Waals surface area contributed by atoms with Crippen molar-refractivity contribution in [2.45, 2.75) is 31.6 Å². The first-order valence-corrected chi connectivity index (χ1v) is 12.9. The number of unbranched alkanes of at least 4 members (excludes halogenated alkanes) is 1. The van der Waals surface area contributed by atoms with Crippen LogP contribution in [0.15, 0.2) is 77.3 Å². The van der Waals surface area contributed by atoms with E-state index in [1.165, 1.54) is 41.5 Å². The number of carbonyl (C=O) groups excluding carboxylic acids is 1. The average molecular weight is 503 g/mol. The lowest BCUT2D eigenvalue weighted by Gasteiger charge is -2.35. The molecule has 0 atom stereocenters. The summed E-state index contributed by atoms with van der Waals surface area (Å²) < 4.78 is 1.05. The van der Waals surface area contributed by atoms with Crippen molar-refractivity contribution in [3.8, 4) is 11.1 Å². The Balaban J connectivity index is 1.07. The largest absolute Gasteiger partial charge is 0.340 e. The van der Waals surface area contributed by atoms with Crippen LogP contribution in [0.4, 0.5) is 0 Å². The molecule has 0 bridgehead atoms. The Morgan fingerprint density at radius 3 is 2.03 bits per heavy atom. The molecule has 3 nitrogen and oxygen atoms in total. The Kier molecular flexibility index (Phi) is 6.93. The summed E-state index contributed by atoms with van der Waals surface area (Å²) in [6, 6.07) is 25.9. The van der Waals surface area contributed by atoms with Gasteiger partial charge >= 0.3 is 0 Å². The van der Waals surface area contributed by atoms with E-state index in [1.807, 2.05) is 29.2 Å². The number of rotatable bonds is 7. The first-order chi connectivity index (χ1) is 16.2. The third-order valence-electron chi connectivity index (χ3n) is 7.17. The lowest BCUT2D eigenvalue weighted by molar-refractivity contribution is -0.132. The van der Waals surface area contributed by atoms with E-state index in [0.717, 1.165) is 42.8 Å². The lowest BCUT2D eigenvalue weighted by atomic mass is 9.91. The second kappa shape index (κ2) is 10.2. The average Bonchev–Trinajstić information content (AvgIpc) is 3.17. The SMILES string of the molecule is O=C(Cc1ccc(Br)cc1)N1CCN(CCCCC2c3ccccc3-c3ccccc32)CC1. The van der Waals surface area contributed by atoms with Crippen LogP contribution in [0.2, 0.25) is 0 Å². The molecular weight excluding hydrogens is 472 g/mol. The molecule has 170 valence electrons. The summed E-state index contributed by atoms with van der Waals surface area (Å²) in [4.78, 5) is 17.2. The summed E-state index contributed by atoms with van der Waals surface area (Å²) in [6.45, 7) is 4.80. The van der Waals surface area contributed by atoms with Gasteiger partial charge in [-0.15, -0.1) is 0 Å². The molecule has 1 amide bonds. The quantitative estimate of drug-likeness (QED) is 0.363. The standard InChI is InChI=1S/C29H31BrN2O/c30-23-14-12-22(13-15-23)21-29(33)32-19-17-31(18-20-32)16-6-5-11-28-26-9-3-1-7-24(26)25-8-2-4-10-27(25)28/h1-4,7-10,12-15,28H,5-6,11,16-21H2. The molecule has 2 aliphatic rings. The van der Waals surface area contributed by atoms with Crippen molar-refractivity contribution in [1.29, 1.82) is 0 Å². The van der Waals surface area contributed by atoms with Crippen molar-refractivity contribution in [3.63, 3.8) is 0 Å². The van der Waals surface area contributed by atoms with Gasteiger partial charge in [0.1, 0.15) is 0 Å². The summed E-state index contributed by atoms with van der Waals surface area (Å²) in [5, 5.41) is 0. The lowest BCUT2D eigenvalue weighted by Crippen LogP contribution is -2.49. The third-order valence-corrected chi connectivity index (χ3v) is 7.70. The number of carbonyl (C=O) groups is 1. The highest BCUT2D eigenvalue weighted by atomic mass is 79.9. The predicted molar refractivity (Wildman–Crippen MR) is 138 cm³/mol. The Morgan fingerprint density at radius 2 is 1.39 bits per heavy atom. The number of halogens is 1. The summed E-state index contributed by atoms with van der Waals surface area (Å²) in [5.41, 5.74) is 6.91. The Bertz CT molecular complexity index is 1060. The Labute approximate surface area is 205 Å². The number of hydrogen-bond donors (Lipinski definition) is 0. The molecule has 0 N–H and O–H groups in total. The van der Waals surface area contributed by atoms with E-state index in [2.05, 4.69) is 69.4 Å². The van der Waals surface area contributed by atoms with E-state index in [4.69, 9.17) is 0 Å². The molecule has 3 aromatic carbocycles. The van der Waals surface area contributed by atoms with E-state index in [1.54, 1.807) is 0 Å². The van der Waals surface area contributed by atoms with Gasteiger partial charge < -0.3 is 4.90 Å². The van der Waals surface area contributed by atoms with Crippen LogP contribution in [0.25, 0.3) is 11.1 Å². The van der Waals surface area contributed by atoms with Gasteiger partial charge in [0.15, 0.2) is 0 Å². The van der Waals surface area contributed by atoms with E-state index < -0.39 is 0 Å². The van der Waals surface area contributed by atoms with Gasteiger partial charge in [-0.3, -0.25) is 9.69 Å². The van der Waals surface area contributed by atoms with Crippen molar-refractivity contribution in [2.24, 2.45) is 0 Å². The van der Waals surface area contributed by atoms with Crippen LogP contribution in [0, 0.1) is 0 Å². The predicted octanol–water partition coefficient (Wildman–Crippen LogP) is 6.12. The fourth-order valence-corrected chi connectivity index (χ4v) is 5.63.